The summed E-state index contributed by atoms with van der Waals surface area (Å²) < 4.78 is 27.1. The van der Waals surface area contributed by atoms with Gasteiger partial charge >= 0.3 is 0 Å². The number of nitrogens with one attached hydrogen (secondary N) is 1. The van der Waals surface area contributed by atoms with Gasteiger partial charge in [-0.1, -0.05) is 24.8 Å². The number of halogens is 3. The molecule has 0 aliphatic carbocycles. The molecule has 5 heteroatoms. The van der Waals surface area contributed by atoms with Crippen molar-refractivity contribution in [1.82, 2.24) is 5.32 Å². The minimum absolute atomic E-state index is 0.673. The molecular formula is C16H16BrF2NS. The topological polar surface area (TPSA) is 12.0 Å². The van der Waals surface area contributed by atoms with Crippen molar-refractivity contribution in [1.29, 1.82) is 0 Å². The number of benzene rings is 2. The molecule has 1 N–H and O–H groups in total. The lowest BCUT2D eigenvalue weighted by molar-refractivity contribution is 0.506. The first-order valence-electron chi connectivity index (χ1n) is 6.72. The van der Waals surface area contributed by atoms with E-state index >= 15 is 0 Å². The van der Waals surface area contributed by atoms with E-state index in [4.69, 9.17) is 0 Å². The third kappa shape index (κ3) is 4.80. The van der Waals surface area contributed by atoms with Gasteiger partial charge in [0.2, 0.25) is 0 Å². The summed E-state index contributed by atoms with van der Waals surface area (Å²) in [5.74, 6) is -1.65. The molecule has 0 aromatic heterocycles. The van der Waals surface area contributed by atoms with Crippen LogP contribution in [-0.2, 0) is 6.54 Å². The lowest BCUT2D eigenvalue weighted by Gasteiger charge is -2.08. The van der Waals surface area contributed by atoms with Gasteiger partial charge in [-0.2, -0.15) is 0 Å². The van der Waals surface area contributed by atoms with Crippen LogP contribution in [0.3, 0.4) is 0 Å². The summed E-state index contributed by atoms with van der Waals surface area (Å²) in [6, 6.07) is 10.0. The molecule has 0 atom stereocenters. The minimum atomic E-state index is -0.823. The highest BCUT2D eigenvalue weighted by Crippen LogP contribution is 2.34. The molecule has 0 saturated heterocycles. The quantitative estimate of drug-likeness (QED) is 0.684. The molecule has 21 heavy (non-hydrogen) atoms. The zero-order valence-corrected chi connectivity index (χ0v) is 14.0. The Morgan fingerprint density at radius 3 is 2.57 bits per heavy atom. The lowest BCUT2D eigenvalue weighted by atomic mass is 10.2. The van der Waals surface area contributed by atoms with E-state index < -0.39 is 11.6 Å². The van der Waals surface area contributed by atoms with E-state index in [1.807, 2.05) is 18.2 Å². The molecule has 0 saturated carbocycles. The van der Waals surface area contributed by atoms with Gasteiger partial charge in [0.05, 0.1) is 0 Å². The van der Waals surface area contributed by atoms with E-state index in [1.165, 1.54) is 23.4 Å². The summed E-state index contributed by atoms with van der Waals surface area (Å²) in [5, 5.41) is 3.34. The fourth-order valence-electron chi connectivity index (χ4n) is 1.81. The second kappa shape index (κ2) is 7.92. The normalized spacial score (nSPS) is 10.9. The molecule has 0 amide bonds. The third-order valence-corrected chi connectivity index (χ3v) is 4.86. The summed E-state index contributed by atoms with van der Waals surface area (Å²) in [6.45, 7) is 3.94. The number of hydrogen-bond acceptors (Lipinski definition) is 2. The van der Waals surface area contributed by atoms with E-state index in [2.05, 4.69) is 28.2 Å². The van der Waals surface area contributed by atoms with E-state index in [9.17, 15) is 8.78 Å². The average Bonchev–Trinajstić information content (AvgIpc) is 2.46. The SMILES string of the molecule is CCCNCc1ccc(Sc2ccc(F)c(F)c2)c(Br)c1. The van der Waals surface area contributed by atoms with E-state index in [1.54, 1.807) is 6.07 Å². The Balaban J connectivity index is 2.08. The number of rotatable bonds is 6. The van der Waals surface area contributed by atoms with Crippen LogP contribution >= 0.6 is 27.7 Å². The second-order valence-corrected chi connectivity index (χ2v) is 6.59. The first-order chi connectivity index (χ1) is 10.1. The maximum absolute atomic E-state index is 13.2. The minimum Gasteiger partial charge on any atom is -0.313 e. The third-order valence-electron chi connectivity index (χ3n) is 2.87. The van der Waals surface area contributed by atoms with Gasteiger partial charge in [0.15, 0.2) is 11.6 Å². The summed E-state index contributed by atoms with van der Waals surface area (Å²) in [6.07, 6.45) is 1.10. The average molecular weight is 372 g/mol. The van der Waals surface area contributed by atoms with Crippen LogP contribution in [0, 0.1) is 11.6 Å². The summed E-state index contributed by atoms with van der Waals surface area (Å²) in [5.41, 5.74) is 1.19. The molecule has 0 bridgehead atoms. The maximum atomic E-state index is 13.2. The van der Waals surface area contributed by atoms with E-state index in [-0.39, 0.29) is 0 Å². The first kappa shape index (κ1) is 16.5. The van der Waals surface area contributed by atoms with Crippen molar-refractivity contribution in [2.45, 2.75) is 29.7 Å². The Morgan fingerprint density at radius 1 is 1.10 bits per heavy atom. The van der Waals surface area contributed by atoms with Crippen molar-refractivity contribution >= 4 is 27.7 Å². The van der Waals surface area contributed by atoms with Crippen molar-refractivity contribution in [3.05, 3.63) is 58.1 Å². The van der Waals surface area contributed by atoms with Gasteiger partial charge in [0, 0.05) is 20.8 Å². The summed E-state index contributed by atoms with van der Waals surface area (Å²) in [7, 11) is 0. The fraction of sp³-hybridized carbons (Fsp3) is 0.250. The van der Waals surface area contributed by atoms with Gasteiger partial charge in [0.25, 0.3) is 0 Å². The molecule has 0 heterocycles. The zero-order valence-electron chi connectivity index (χ0n) is 11.6. The number of hydrogen-bond donors (Lipinski definition) is 1. The van der Waals surface area contributed by atoms with Gasteiger partial charge in [-0.3, -0.25) is 0 Å². The lowest BCUT2D eigenvalue weighted by Crippen LogP contribution is -2.13. The van der Waals surface area contributed by atoms with Crippen LogP contribution in [0.4, 0.5) is 8.78 Å². The zero-order chi connectivity index (χ0) is 15.2. The molecule has 0 aliphatic heterocycles. The Labute approximate surface area is 136 Å². The van der Waals surface area contributed by atoms with Crippen molar-refractivity contribution in [3.8, 4) is 0 Å². The molecular weight excluding hydrogens is 356 g/mol. The highest BCUT2D eigenvalue weighted by molar-refractivity contribution is 9.10. The summed E-state index contributed by atoms with van der Waals surface area (Å²) >= 11 is 4.93. The van der Waals surface area contributed by atoms with Crippen molar-refractivity contribution < 1.29 is 8.78 Å². The van der Waals surface area contributed by atoms with Crippen LogP contribution in [0.2, 0.25) is 0 Å². The smallest absolute Gasteiger partial charge is 0.159 e. The van der Waals surface area contributed by atoms with Crippen LogP contribution in [-0.4, -0.2) is 6.54 Å². The van der Waals surface area contributed by atoms with Crippen LogP contribution in [0.1, 0.15) is 18.9 Å². The van der Waals surface area contributed by atoms with Gasteiger partial charge in [-0.25, -0.2) is 8.78 Å². The Hall–Kier alpha value is -0.910. The van der Waals surface area contributed by atoms with Crippen molar-refractivity contribution in [2.75, 3.05) is 6.54 Å². The first-order valence-corrected chi connectivity index (χ1v) is 8.33. The predicted octanol–water partition coefficient (Wildman–Crippen LogP) is 5.38. The molecule has 112 valence electrons. The largest absolute Gasteiger partial charge is 0.313 e. The Kier molecular flexibility index (Phi) is 6.21. The van der Waals surface area contributed by atoms with Gasteiger partial charge in [0.1, 0.15) is 0 Å². The van der Waals surface area contributed by atoms with Crippen LogP contribution < -0.4 is 5.32 Å². The Bertz CT molecular complexity index is 619. The van der Waals surface area contributed by atoms with Crippen LogP contribution in [0.5, 0.6) is 0 Å². The molecule has 2 aromatic carbocycles. The Morgan fingerprint density at radius 2 is 1.90 bits per heavy atom. The fourth-order valence-corrected chi connectivity index (χ4v) is 3.33. The molecule has 2 rings (SSSR count). The summed E-state index contributed by atoms with van der Waals surface area (Å²) in [4.78, 5) is 1.65. The molecule has 0 unspecified atom stereocenters. The van der Waals surface area contributed by atoms with E-state index in [0.29, 0.717) is 4.90 Å². The molecule has 0 fully saturated rings. The maximum Gasteiger partial charge on any atom is 0.159 e. The monoisotopic (exact) mass is 371 g/mol. The molecule has 0 aliphatic rings. The van der Waals surface area contributed by atoms with E-state index in [0.717, 1.165) is 34.9 Å². The molecule has 1 nitrogen and oxygen atoms in total. The second-order valence-electron chi connectivity index (χ2n) is 4.62. The molecule has 0 spiro atoms. The van der Waals surface area contributed by atoms with Crippen molar-refractivity contribution in [3.63, 3.8) is 0 Å². The van der Waals surface area contributed by atoms with Gasteiger partial charge in [-0.05, 0) is 64.8 Å². The van der Waals surface area contributed by atoms with Crippen molar-refractivity contribution in [2.24, 2.45) is 0 Å². The van der Waals surface area contributed by atoms with Crippen LogP contribution in [0.25, 0.3) is 0 Å². The predicted molar refractivity (Wildman–Crippen MR) is 86.6 cm³/mol. The highest BCUT2D eigenvalue weighted by Gasteiger charge is 2.07. The highest BCUT2D eigenvalue weighted by atomic mass is 79.9. The van der Waals surface area contributed by atoms with Gasteiger partial charge < -0.3 is 5.32 Å². The van der Waals surface area contributed by atoms with Crippen LogP contribution in [0.15, 0.2) is 50.7 Å². The molecule has 0 radical (unpaired) electrons. The molecule has 2 aromatic rings. The standard InChI is InChI=1S/C16H16BrF2NS/c1-2-7-20-10-11-3-6-16(13(17)8-11)21-12-4-5-14(18)15(19)9-12/h3-6,8-9,20H,2,7,10H2,1H3. The van der Waals surface area contributed by atoms with Gasteiger partial charge in [-0.15, -0.1) is 0 Å².